The molecule has 0 aromatic carbocycles. The molecule has 0 heterocycles. The Hall–Kier alpha value is -2.49. The van der Waals surface area contributed by atoms with Gasteiger partial charge < -0.3 is 31.3 Å². The van der Waals surface area contributed by atoms with E-state index in [1.807, 2.05) is 0 Å². The molecule has 0 spiro atoms. The molecule has 2 fully saturated rings. The van der Waals surface area contributed by atoms with Crippen molar-refractivity contribution in [3.63, 3.8) is 0 Å². The summed E-state index contributed by atoms with van der Waals surface area (Å²) in [6, 6.07) is 0. The molecule has 0 saturated heterocycles. The fraction of sp³-hybridized carbons (Fsp3) is 0.550. The van der Waals surface area contributed by atoms with Gasteiger partial charge in [0.1, 0.15) is 17.4 Å². The number of rotatable bonds is 1. The van der Waals surface area contributed by atoms with E-state index in [1.54, 1.807) is 13.0 Å². The second-order valence-electron chi connectivity index (χ2n) is 8.43. The Kier molecular flexibility index (Phi) is 4.27. The highest BCUT2D eigenvalue weighted by atomic mass is 16.4. The average Bonchev–Trinajstić information content (AvgIpc) is 2.65. The fourth-order valence-electron chi connectivity index (χ4n) is 5.66. The first kappa shape index (κ1) is 19.8. The maximum absolute atomic E-state index is 13.2. The van der Waals surface area contributed by atoms with Crippen molar-refractivity contribution >= 4 is 17.5 Å². The Morgan fingerprint density at radius 2 is 1.86 bits per heavy atom. The van der Waals surface area contributed by atoms with Crippen LogP contribution in [0.5, 0.6) is 0 Å². The summed E-state index contributed by atoms with van der Waals surface area (Å²) in [4.78, 5) is 37.7. The van der Waals surface area contributed by atoms with Gasteiger partial charge in [-0.25, -0.2) is 0 Å². The molecule has 0 aromatic heterocycles. The molecule has 0 aromatic rings. The third-order valence-electron chi connectivity index (χ3n) is 7.11. The van der Waals surface area contributed by atoms with Crippen LogP contribution < -0.4 is 5.73 Å². The van der Waals surface area contributed by atoms with Crippen molar-refractivity contribution in [2.24, 2.45) is 35.3 Å². The fourth-order valence-corrected chi connectivity index (χ4v) is 5.66. The standard InChI is InChI=1S/C20H23NO8/c1-6-7-3-2-4-9(22)12(7)16(25)14-11(6)15(24)8-5-10(23)13(19(21)28)17(26)20(8,29)18(14)27/h2,4,6-8,10-11,13,15,22-24,27,29H,3,5H2,1H3,(H2,21,28). The summed E-state index contributed by atoms with van der Waals surface area (Å²) >= 11 is 0. The molecule has 0 aliphatic heterocycles. The zero-order valence-corrected chi connectivity index (χ0v) is 15.6. The van der Waals surface area contributed by atoms with Gasteiger partial charge in [-0.3, -0.25) is 14.4 Å². The summed E-state index contributed by atoms with van der Waals surface area (Å²) in [5, 5.41) is 53.6. The van der Waals surface area contributed by atoms with Crippen LogP contribution in [0.15, 0.2) is 34.8 Å². The quantitative estimate of drug-likeness (QED) is 0.306. The van der Waals surface area contributed by atoms with Gasteiger partial charge in [0, 0.05) is 23.0 Å². The summed E-state index contributed by atoms with van der Waals surface area (Å²) < 4.78 is 0. The lowest BCUT2D eigenvalue weighted by Crippen LogP contribution is -2.67. The lowest BCUT2D eigenvalue weighted by atomic mass is 9.52. The number of Topliss-reactive ketones (excluding diaryl/α,β-unsaturated/α-hetero) is 2. The van der Waals surface area contributed by atoms with Crippen molar-refractivity contribution in [3.05, 3.63) is 34.8 Å². The predicted octanol–water partition coefficient (Wildman–Crippen LogP) is -0.821. The number of amides is 1. The Morgan fingerprint density at radius 1 is 1.21 bits per heavy atom. The van der Waals surface area contributed by atoms with Crippen LogP contribution in [0, 0.1) is 29.6 Å². The number of carbonyl (C=O) groups is 3. The SMILES string of the molecule is CC1C2CC=CC(O)=C2C(=O)C2=C(O)C3(O)C(=O)C(C(N)=O)C(O)CC3C(O)C21. The van der Waals surface area contributed by atoms with Gasteiger partial charge in [-0.2, -0.15) is 0 Å². The highest BCUT2D eigenvalue weighted by Crippen LogP contribution is 2.55. The minimum atomic E-state index is -2.73. The minimum absolute atomic E-state index is 0.0572. The van der Waals surface area contributed by atoms with Crippen LogP contribution in [0.4, 0.5) is 0 Å². The zero-order valence-electron chi connectivity index (χ0n) is 15.6. The van der Waals surface area contributed by atoms with E-state index in [0.29, 0.717) is 6.42 Å². The van der Waals surface area contributed by atoms with Gasteiger partial charge >= 0.3 is 0 Å². The molecule has 8 unspecified atom stereocenters. The molecule has 29 heavy (non-hydrogen) atoms. The molecule has 4 rings (SSSR count). The lowest BCUT2D eigenvalue weighted by molar-refractivity contribution is -0.181. The lowest BCUT2D eigenvalue weighted by Gasteiger charge is -2.53. The molecule has 8 atom stereocenters. The molecular weight excluding hydrogens is 382 g/mol. The zero-order chi connectivity index (χ0) is 21.4. The van der Waals surface area contributed by atoms with Gasteiger partial charge in [-0.15, -0.1) is 0 Å². The van der Waals surface area contributed by atoms with E-state index in [1.165, 1.54) is 6.08 Å². The van der Waals surface area contributed by atoms with E-state index in [-0.39, 0.29) is 23.3 Å². The predicted molar refractivity (Wildman–Crippen MR) is 97.0 cm³/mol. The van der Waals surface area contributed by atoms with Crippen LogP contribution in [0.2, 0.25) is 0 Å². The number of nitrogens with two attached hydrogens (primary N) is 1. The van der Waals surface area contributed by atoms with Gasteiger partial charge in [0.25, 0.3) is 0 Å². The third kappa shape index (κ3) is 2.35. The van der Waals surface area contributed by atoms with E-state index in [2.05, 4.69) is 0 Å². The maximum Gasteiger partial charge on any atom is 0.230 e. The maximum atomic E-state index is 13.2. The van der Waals surface area contributed by atoms with Crippen molar-refractivity contribution in [2.75, 3.05) is 0 Å². The van der Waals surface area contributed by atoms with Gasteiger partial charge in [0.05, 0.1) is 12.2 Å². The van der Waals surface area contributed by atoms with Gasteiger partial charge in [-0.1, -0.05) is 13.0 Å². The van der Waals surface area contributed by atoms with E-state index in [0.717, 1.165) is 0 Å². The number of aliphatic hydroxyl groups excluding tert-OH is 4. The van der Waals surface area contributed by atoms with Gasteiger partial charge in [0.15, 0.2) is 17.2 Å². The summed E-state index contributed by atoms with van der Waals surface area (Å²) in [5.74, 6) is -9.20. The van der Waals surface area contributed by atoms with Crippen LogP contribution >= 0.6 is 0 Å². The summed E-state index contributed by atoms with van der Waals surface area (Å²) in [6.45, 7) is 1.75. The monoisotopic (exact) mass is 405 g/mol. The van der Waals surface area contributed by atoms with E-state index < -0.39 is 70.6 Å². The van der Waals surface area contributed by atoms with Crippen LogP contribution in [-0.4, -0.2) is 60.8 Å². The van der Waals surface area contributed by atoms with E-state index in [4.69, 9.17) is 5.73 Å². The topological polar surface area (TPSA) is 178 Å². The molecule has 156 valence electrons. The number of aliphatic hydroxyl groups is 5. The molecule has 4 aliphatic carbocycles. The van der Waals surface area contributed by atoms with E-state index in [9.17, 15) is 39.9 Å². The molecule has 2 saturated carbocycles. The normalized spacial score (nSPS) is 44.3. The largest absolute Gasteiger partial charge is 0.508 e. The van der Waals surface area contributed by atoms with Crippen molar-refractivity contribution in [3.8, 4) is 0 Å². The molecule has 9 heteroatoms. The summed E-state index contributed by atoms with van der Waals surface area (Å²) in [6.07, 6.45) is 0.205. The van der Waals surface area contributed by atoms with E-state index >= 15 is 0 Å². The molecule has 0 bridgehead atoms. The van der Waals surface area contributed by atoms with Crippen LogP contribution in [0.25, 0.3) is 0 Å². The first-order chi connectivity index (χ1) is 13.5. The Bertz CT molecular complexity index is 917. The van der Waals surface area contributed by atoms with Crippen molar-refractivity contribution in [2.45, 2.75) is 37.6 Å². The summed E-state index contributed by atoms with van der Waals surface area (Å²) in [7, 11) is 0. The number of carbonyl (C=O) groups excluding carboxylic acids is 3. The van der Waals surface area contributed by atoms with Gasteiger partial charge in [0.2, 0.25) is 5.91 Å². The first-order valence-corrected chi connectivity index (χ1v) is 9.53. The number of hydrogen-bond acceptors (Lipinski definition) is 8. The third-order valence-corrected chi connectivity index (χ3v) is 7.11. The van der Waals surface area contributed by atoms with Crippen LogP contribution in [0.3, 0.4) is 0 Å². The minimum Gasteiger partial charge on any atom is -0.508 e. The number of primary amides is 1. The second kappa shape index (κ2) is 6.25. The number of allylic oxidation sites excluding steroid dienone is 3. The molecule has 9 nitrogen and oxygen atoms in total. The van der Waals surface area contributed by atoms with Crippen molar-refractivity contribution in [1.29, 1.82) is 0 Å². The first-order valence-electron chi connectivity index (χ1n) is 9.53. The smallest absolute Gasteiger partial charge is 0.230 e. The molecule has 7 N–H and O–H groups in total. The van der Waals surface area contributed by atoms with Gasteiger partial charge in [-0.05, 0) is 30.8 Å². The van der Waals surface area contributed by atoms with Crippen LogP contribution in [-0.2, 0) is 14.4 Å². The molecule has 0 radical (unpaired) electrons. The van der Waals surface area contributed by atoms with Crippen molar-refractivity contribution in [1.82, 2.24) is 0 Å². The number of hydrogen-bond donors (Lipinski definition) is 6. The number of fused-ring (bicyclic) bond motifs is 3. The number of ketones is 2. The Labute approximate surface area is 165 Å². The molecule has 4 aliphatic rings. The Balaban J connectivity index is 1.94. The van der Waals surface area contributed by atoms with Crippen molar-refractivity contribution < 1.29 is 39.9 Å². The highest BCUT2D eigenvalue weighted by molar-refractivity contribution is 6.14. The average molecular weight is 405 g/mol. The van der Waals surface area contributed by atoms with Crippen LogP contribution in [0.1, 0.15) is 19.8 Å². The summed E-state index contributed by atoms with van der Waals surface area (Å²) in [5.41, 5.74) is 2.17. The highest BCUT2D eigenvalue weighted by Gasteiger charge is 2.66. The molecule has 1 amide bonds. The second-order valence-corrected chi connectivity index (χ2v) is 8.43. The molecular formula is C20H23NO8. The Morgan fingerprint density at radius 3 is 2.48 bits per heavy atom.